The molecule has 0 bridgehead atoms. The first-order chi connectivity index (χ1) is 12.1. The van der Waals surface area contributed by atoms with Gasteiger partial charge in [-0.1, -0.05) is 41.6 Å². The summed E-state index contributed by atoms with van der Waals surface area (Å²) in [6.45, 7) is 1.95. The van der Waals surface area contributed by atoms with Gasteiger partial charge in [-0.2, -0.15) is 0 Å². The topological polar surface area (TPSA) is 59.8 Å². The first kappa shape index (κ1) is 16.9. The number of benzene rings is 1. The fourth-order valence-electron chi connectivity index (χ4n) is 3.00. The number of aromatic nitrogens is 3. The third-order valence-electron chi connectivity index (χ3n) is 4.63. The van der Waals surface area contributed by atoms with Gasteiger partial charge in [0.15, 0.2) is 5.16 Å². The van der Waals surface area contributed by atoms with Crippen LogP contribution < -0.4 is 5.32 Å². The van der Waals surface area contributed by atoms with Crippen LogP contribution in [0.25, 0.3) is 0 Å². The van der Waals surface area contributed by atoms with Gasteiger partial charge >= 0.3 is 0 Å². The molecule has 2 saturated carbocycles. The van der Waals surface area contributed by atoms with Gasteiger partial charge in [0, 0.05) is 17.0 Å². The maximum absolute atomic E-state index is 12.3. The lowest BCUT2D eigenvalue weighted by Gasteiger charge is -2.15. The molecule has 0 saturated heterocycles. The van der Waals surface area contributed by atoms with Crippen LogP contribution in [0.5, 0.6) is 0 Å². The Morgan fingerprint density at radius 2 is 2.08 bits per heavy atom. The fourth-order valence-corrected chi connectivity index (χ4v) is 4.12. The summed E-state index contributed by atoms with van der Waals surface area (Å²) in [7, 11) is 0. The van der Waals surface area contributed by atoms with Crippen LogP contribution in [-0.4, -0.2) is 26.4 Å². The van der Waals surface area contributed by atoms with Crippen molar-refractivity contribution in [2.45, 2.75) is 55.8 Å². The third-order valence-corrected chi connectivity index (χ3v) is 5.91. The van der Waals surface area contributed by atoms with Crippen molar-refractivity contribution in [1.29, 1.82) is 0 Å². The number of hydrogen-bond acceptors (Lipinski definition) is 4. The minimum Gasteiger partial charge on any atom is -0.349 e. The maximum Gasteiger partial charge on any atom is 0.230 e. The second kappa shape index (κ2) is 7.00. The van der Waals surface area contributed by atoms with Crippen molar-refractivity contribution in [3.05, 3.63) is 40.7 Å². The number of rotatable bonds is 7. The number of carbonyl (C=O) groups is 1. The van der Waals surface area contributed by atoms with Crippen molar-refractivity contribution in [3.8, 4) is 0 Å². The van der Waals surface area contributed by atoms with Gasteiger partial charge in [0.25, 0.3) is 0 Å². The summed E-state index contributed by atoms with van der Waals surface area (Å²) in [6, 6.07) is 8.01. The Kier molecular flexibility index (Phi) is 4.73. The Hall–Kier alpha value is -1.53. The predicted octanol–water partition coefficient (Wildman–Crippen LogP) is 4.11. The second-order valence-corrected chi connectivity index (χ2v) is 8.17. The zero-order valence-electron chi connectivity index (χ0n) is 14.1. The van der Waals surface area contributed by atoms with Crippen molar-refractivity contribution in [2.75, 3.05) is 5.75 Å². The summed E-state index contributed by atoms with van der Waals surface area (Å²) in [5.74, 6) is 2.02. The molecule has 1 aromatic heterocycles. The van der Waals surface area contributed by atoms with Crippen molar-refractivity contribution >= 4 is 29.3 Å². The van der Waals surface area contributed by atoms with E-state index < -0.39 is 0 Å². The number of nitrogens with zero attached hydrogens (tertiary/aromatic N) is 3. The van der Waals surface area contributed by atoms with Crippen LogP contribution in [0.4, 0.5) is 0 Å². The van der Waals surface area contributed by atoms with Crippen LogP contribution in [0.15, 0.2) is 29.4 Å². The third kappa shape index (κ3) is 3.85. The number of hydrogen-bond donors (Lipinski definition) is 1. The van der Waals surface area contributed by atoms with Gasteiger partial charge in [0.2, 0.25) is 5.91 Å². The Labute approximate surface area is 156 Å². The monoisotopic (exact) mass is 376 g/mol. The zero-order valence-corrected chi connectivity index (χ0v) is 15.7. The largest absolute Gasteiger partial charge is 0.349 e. The molecule has 0 radical (unpaired) electrons. The molecule has 2 aliphatic carbocycles. The first-order valence-electron chi connectivity index (χ1n) is 8.75. The summed E-state index contributed by atoms with van der Waals surface area (Å²) >= 11 is 7.67. The Bertz CT molecular complexity index is 785. The Morgan fingerprint density at radius 3 is 2.76 bits per heavy atom. The van der Waals surface area contributed by atoms with E-state index in [2.05, 4.69) is 20.1 Å². The summed E-state index contributed by atoms with van der Waals surface area (Å²) < 4.78 is 2.27. The molecule has 1 amide bonds. The molecule has 1 atom stereocenters. The molecule has 132 valence electrons. The molecule has 7 heteroatoms. The smallest absolute Gasteiger partial charge is 0.230 e. The summed E-state index contributed by atoms with van der Waals surface area (Å²) in [6.07, 6.45) is 4.82. The predicted molar refractivity (Wildman–Crippen MR) is 99.0 cm³/mol. The molecule has 2 aliphatic rings. The second-order valence-electron chi connectivity index (χ2n) is 6.82. The number of thioether (sulfide) groups is 1. The molecule has 0 aliphatic heterocycles. The van der Waals surface area contributed by atoms with E-state index in [-0.39, 0.29) is 11.9 Å². The van der Waals surface area contributed by atoms with E-state index in [1.165, 1.54) is 37.4 Å². The van der Waals surface area contributed by atoms with Gasteiger partial charge in [0.1, 0.15) is 5.82 Å². The molecule has 5 nitrogen and oxygen atoms in total. The Morgan fingerprint density at radius 1 is 1.32 bits per heavy atom. The van der Waals surface area contributed by atoms with Gasteiger partial charge in [-0.25, -0.2) is 0 Å². The van der Waals surface area contributed by atoms with Crippen LogP contribution in [0.1, 0.15) is 62.0 Å². The van der Waals surface area contributed by atoms with Gasteiger partial charge in [-0.15, -0.1) is 10.2 Å². The molecule has 25 heavy (non-hydrogen) atoms. The average Bonchev–Trinajstić information content (AvgIpc) is 3.52. The maximum atomic E-state index is 12.3. The van der Waals surface area contributed by atoms with Crippen molar-refractivity contribution in [1.82, 2.24) is 20.1 Å². The standard InChI is InChI=1S/C18H21ClN4OS/c1-11(14-4-2-3-5-15(14)19)20-16(24)10-25-18-22-21-17(12-6-7-12)23(18)13-8-9-13/h2-5,11-13H,6-10H2,1H3,(H,20,24)/t11-/m0/s1. The Balaban J connectivity index is 1.37. The van der Waals surface area contributed by atoms with Gasteiger partial charge in [-0.05, 0) is 44.2 Å². The van der Waals surface area contributed by atoms with E-state index in [0.29, 0.717) is 22.7 Å². The van der Waals surface area contributed by atoms with Gasteiger partial charge in [-0.3, -0.25) is 4.79 Å². The van der Waals surface area contributed by atoms with Crippen LogP contribution >= 0.6 is 23.4 Å². The molecular formula is C18H21ClN4OS. The SMILES string of the molecule is C[C@H](NC(=O)CSc1nnc(C2CC2)n1C1CC1)c1ccccc1Cl. The fraction of sp³-hybridized carbons (Fsp3) is 0.500. The number of halogens is 1. The van der Waals surface area contributed by atoms with Crippen LogP contribution in [0.2, 0.25) is 5.02 Å². The van der Waals surface area contributed by atoms with E-state index >= 15 is 0 Å². The molecule has 0 unspecified atom stereocenters. The summed E-state index contributed by atoms with van der Waals surface area (Å²) in [4.78, 5) is 12.3. The van der Waals surface area contributed by atoms with Crippen LogP contribution in [-0.2, 0) is 4.79 Å². The molecular weight excluding hydrogens is 356 g/mol. The van der Waals surface area contributed by atoms with Crippen molar-refractivity contribution in [3.63, 3.8) is 0 Å². The normalized spacial score (nSPS) is 18.2. The molecule has 4 rings (SSSR count). The average molecular weight is 377 g/mol. The van der Waals surface area contributed by atoms with E-state index in [1.807, 2.05) is 31.2 Å². The van der Waals surface area contributed by atoms with E-state index in [0.717, 1.165) is 16.5 Å². The minimum absolute atomic E-state index is 0.0178. The van der Waals surface area contributed by atoms with Gasteiger partial charge < -0.3 is 9.88 Å². The highest BCUT2D eigenvalue weighted by Crippen LogP contribution is 2.45. The molecule has 1 N–H and O–H groups in total. The number of nitrogens with one attached hydrogen (secondary N) is 1. The summed E-state index contributed by atoms with van der Waals surface area (Å²) in [5.41, 5.74) is 0.930. The zero-order chi connectivity index (χ0) is 17.4. The lowest BCUT2D eigenvalue weighted by molar-refractivity contribution is -0.119. The number of amides is 1. The van der Waals surface area contributed by atoms with E-state index in [9.17, 15) is 4.79 Å². The highest BCUT2D eigenvalue weighted by molar-refractivity contribution is 7.99. The molecule has 1 heterocycles. The highest BCUT2D eigenvalue weighted by Gasteiger charge is 2.36. The van der Waals surface area contributed by atoms with Crippen LogP contribution in [0.3, 0.4) is 0 Å². The highest BCUT2D eigenvalue weighted by atomic mass is 35.5. The first-order valence-corrected chi connectivity index (χ1v) is 10.1. The van der Waals surface area contributed by atoms with Crippen molar-refractivity contribution in [2.24, 2.45) is 0 Å². The summed E-state index contributed by atoms with van der Waals surface area (Å²) in [5, 5.41) is 13.3. The quantitative estimate of drug-likeness (QED) is 0.738. The molecule has 1 aromatic carbocycles. The molecule has 2 fully saturated rings. The van der Waals surface area contributed by atoms with E-state index in [4.69, 9.17) is 11.6 Å². The van der Waals surface area contributed by atoms with E-state index in [1.54, 1.807) is 0 Å². The van der Waals surface area contributed by atoms with Crippen molar-refractivity contribution < 1.29 is 4.79 Å². The minimum atomic E-state index is -0.120. The number of carbonyl (C=O) groups excluding carboxylic acids is 1. The molecule has 2 aromatic rings. The lowest BCUT2D eigenvalue weighted by atomic mass is 10.1. The molecule has 0 spiro atoms. The lowest BCUT2D eigenvalue weighted by Crippen LogP contribution is -2.28. The van der Waals surface area contributed by atoms with Gasteiger partial charge in [0.05, 0.1) is 11.8 Å². The van der Waals surface area contributed by atoms with Crippen LogP contribution in [0, 0.1) is 0 Å².